The lowest BCUT2D eigenvalue weighted by Gasteiger charge is -2.30. The van der Waals surface area contributed by atoms with Crippen molar-refractivity contribution in [1.29, 1.82) is 0 Å². The number of alkyl halides is 1. The number of aliphatic hydroxyl groups excluding tert-OH is 1. The molecule has 232 valence electrons. The van der Waals surface area contributed by atoms with Crippen molar-refractivity contribution in [3.05, 3.63) is 89.6 Å². The zero-order chi connectivity index (χ0) is 31.0. The van der Waals surface area contributed by atoms with Crippen LogP contribution < -0.4 is 9.47 Å². The van der Waals surface area contributed by atoms with Gasteiger partial charge in [0.25, 0.3) is 0 Å². The molecule has 1 N–H and O–H groups in total. The molecule has 10 heteroatoms. The highest BCUT2D eigenvalue weighted by molar-refractivity contribution is 6.00. The van der Waals surface area contributed by atoms with Gasteiger partial charge in [0.05, 0.1) is 10.9 Å². The molecule has 0 amide bonds. The Labute approximate surface area is 258 Å². The van der Waals surface area contributed by atoms with E-state index in [0.717, 1.165) is 30.5 Å². The molecule has 0 radical (unpaired) electrons. The standard InChI is InChI=1S/C35H33F3N4O3/c36-24-17-35(14-6-15-42(35)19-24)21-45-34-40-32-27(33(41-34)44-20-22-7-2-1-3-8-22)18-39-31(30(32)38)26-12-13-28(37)25-11-4-9-23(29(25)26)10-5-16-43/h1-4,7-9,11-13,18,24,43H,5-6,10,14-17,19-21H2/t24-,35+/m1/s1. The van der Waals surface area contributed by atoms with Gasteiger partial charge in [-0.15, -0.1) is 0 Å². The van der Waals surface area contributed by atoms with Crippen molar-refractivity contribution in [2.24, 2.45) is 0 Å². The van der Waals surface area contributed by atoms with Gasteiger partial charge < -0.3 is 14.6 Å². The van der Waals surface area contributed by atoms with Gasteiger partial charge in [-0.05, 0) is 60.9 Å². The Morgan fingerprint density at radius 3 is 2.69 bits per heavy atom. The lowest BCUT2D eigenvalue weighted by Crippen LogP contribution is -2.43. The minimum atomic E-state index is -0.921. The maximum atomic E-state index is 16.6. The molecule has 0 aliphatic carbocycles. The summed E-state index contributed by atoms with van der Waals surface area (Å²) in [6, 6.07) is 17.5. The van der Waals surface area contributed by atoms with E-state index in [0.29, 0.717) is 42.1 Å². The monoisotopic (exact) mass is 614 g/mol. The number of nitrogens with zero attached hydrogens (tertiary/aromatic N) is 4. The van der Waals surface area contributed by atoms with Crippen LogP contribution in [-0.4, -0.2) is 63.0 Å². The summed E-state index contributed by atoms with van der Waals surface area (Å²) in [4.78, 5) is 15.6. The molecule has 7 nitrogen and oxygen atoms in total. The number of pyridine rings is 1. The number of aliphatic hydroxyl groups is 1. The minimum absolute atomic E-state index is 0.000710. The van der Waals surface area contributed by atoms with Crippen molar-refractivity contribution in [3.8, 4) is 23.1 Å². The first-order chi connectivity index (χ1) is 22.0. The Kier molecular flexibility index (Phi) is 8.01. The highest BCUT2D eigenvalue weighted by Gasteiger charge is 2.49. The van der Waals surface area contributed by atoms with Crippen molar-refractivity contribution in [1.82, 2.24) is 19.9 Å². The number of benzene rings is 3. The van der Waals surface area contributed by atoms with E-state index in [1.807, 2.05) is 36.4 Å². The highest BCUT2D eigenvalue weighted by Crippen LogP contribution is 2.41. The molecule has 2 atom stereocenters. The summed E-state index contributed by atoms with van der Waals surface area (Å²) in [5, 5.41) is 10.6. The van der Waals surface area contributed by atoms with E-state index < -0.39 is 23.3 Å². The van der Waals surface area contributed by atoms with Crippen LogP contribution in [0.25, 0.3) is 32.9 Å². The Bertz CT molecular complexity index is 1860. The number of ether oxygens (including phenoxy) is 2. The van der Waals surface area contributed by atoms with Crippen LogP contribution in [0.5, 0.6) is 11.9 Å². The number of aryl methyl sites for hydroxylation is 1. The maximum absolute atomic E-state index is 16.6. The Balaban J connectivity index is 1.32. The summed E-state index contributed by atoms with van der Waals surface area (Å²) < 4.78 is 58.2. The molecule has 7 rings (SSSR count). The first-order valence-corrected chi connectivity index (χ1v) is 15.3. The molecule has 2 aliphatic rings. The van der Waals surface area contributed by atoms with Crippen LogP contribution in [0.4, 0.5) is 13.2 Å². The van der Waals surface area contributed by atoms with Gasteiger partial charge in [0.15, 0.2) is 5.82 Å². The smallest absolute Gasteiger partial charge is 0.320 e. The summed E-state index contributed by atoms with van der Waals surface area (Å²) in [5.41, 5.74) is 1.59. The number of hydrogen-bond acceptors (Lipinski definition) is 7. The summed E-state index contributed by atoms with van der Waals surface area (Å²) in [6.07, 6.45) is 3.63. The summed E-state index contributed by atoms with van der Waals surface area (Å²) in [6.45, 7) is 1.51. The van der Waals surface area contributed by atoms with E-state index in [1.54, 1.807) is 12.1 Å². The summed E-state index contributed by atoms with van der Waals surface area (Å²) in [7, 11) is 0. The second kappa shape index (κ2) is 12.3. The normalized spacial score (nSPS) is 19.8. The fourth-order valence-corrected chi connectivity index (χ4v) is 6.87. The molecule has 2 fully saturated rings. The predicted molar refractivity (Wildman–Crippen MR) is 165 cm³/mol. The van der Waals surface area contributed by atoms with Crippen LogP contribution in [0, 0.1) is 11.6 Å². The van der Waals surface area contributed by atoms with Gasteiger partial charge in [-0.3, -0.25) is 9.88 Å². The van der Waals surface area contributed by atoms with Crippen LogP contribution in [0.3, 0.4) is 0 Å². The highest BCUT2D eigenvalue weighted by atomic mass is 19.1. The Morgan fingerprint density at radius 2 is 1.84 bits per heavy atom. The van der Waals surface area contributed by atoms with Gasteiger partial charge in [-0.2, -0.15) is 9.97 Å². The van der Waals surface area contributed by atoms with Crippen LogP contribution in [0.1, 0.15) is 36.8 Å². The largest absolute Gasteiger partial charge is 0.472 e. The predicted octanol–water partition coefficient (Wildman–Crippen LogP) is 6.58. The van der Waals surface area contributed by atoms with E-state index in [-0.39, 0.29) is 48.3 Å². The van der Waals surface area contributed by atoms with Crippen LogP contribution >= 0.6 is 0 Å². The first kappa shape index (κ1) is 29.4. The van der Waals surface area contributed by atoms with Gasteiger partial charge in [0, 0.05) is 36.7 Å². The molecule has 0 bridgehead atoms. The van der Waals surface area contributed by atoms with Gasteiger partial charge in [-0.1, -0.05) is 48.5 Å². The van der Waals surface area contributed by atoms with E-state index in [4.69, 9.17) is 9.47 Å². The molecule has 2 saturated heterocycles. The number of rotatable bonds is 10. The molecule has 0 saturated carbocycles. The third-order valence-corrected chi connectivity index (χ3v) is 9.01. The molecule has 4 heterocycles. The van der Waals surface area contributed by atoms with Gasteiger partial charge in [0.2, 0.25) is 5.88 Å². The van der Waals surface area contributed by atoms with Crippen molar-refractivity contribution in [2.75, 3.05) is 26.3 Å². The second-order valence-electron chi connectivity index (χ2n) is 11.9. The summed E-state index contributed by atoms with van der Waals surface area (Å²) >= 11 is 0. The number of fused-ring (bicyclic) bond motifs is 3. The molecule has 3 aromatic carbocycles. The van der Waals surface area contributed by atoms with Crippen LogP contribution in [0.15, 0.2) is 66.9 Å². The fourth-order valence-electron chi connectivity index (χ4n) is 6.87. The topological polar surface area (TPSA) is 80.6 Å². The zero-order valence-corrected chi connectivity index (χ0v) is 24.7. The second-order valence-corrected chi connectivity index (χ2v) is 11.9. The van der Waals surface area contributed by atoms with Crippen molar-refractivity contribution in [2.45, 2.75) is 50.4 Å². The molecular weight excluding hydrogens is 581 g/mol. The van der Waals surface area contributed by atoms with Crippen LogP contribution in [-0.2, 0) is 13.0 Å². The van der Waals surface area contributed by atoms with Gasteiger partial charge in [-0.25, -0.2) is 13.2 Å². The number of aromatic nitrogens is 3. The first-order valence-electron chi connectivity index (χ1n) is 15.3. The SMILES string of the molecule is OCCCc1cccc2c(F)ccc(-c3ncc4c(OCc5ccccc5)nc(OC[C@@]56CCCN5C[C@H](F)C6)nc4c3F)c12. The van der Waals surface area contributed by atoms with E-state index >= 15 is 4.39 Å². The maximum Gasteiger partial charge on any atom is 0.320 e. The molecule has 2 aliphatic heterocycles. The number of hydrogen-bond donors (Lipinski definition) is 1. The third kappa shape index (κ3) is 5.57. The molecule has 0 unspecified atom stereocenters. The minimum Gasteiger partial charge on any atom is -0.472 e. The van der Waals surface area contributed by atoms with Crippen LogP contribution in [0.2, 0.25) is 0 Å². The van der Waals surface area contributed by atoms with E-state index in [1.165, 1.54) is 18.3 Å². The average Bonchev–Trinajstić information content (AvgIpc) is 3.59. The van der Waals surface area contributed by atoms with Gasteiger partial charge in [0.1, 0.15) is 36.4 Å². The van der Waals surface area contributed by atoms with E-state index in [9.17, 15) is 13.9 Å². The Hall–Kier alpha value is -4.28. The molecule has 5 aromatic rings. The quantitative estimate of drug-likeness (QED) is 0.190. The molecular formula is C35H33F3N4O3. The third-order valence-electron chi connectivity index (χ3n) is 9.01. The van der Waals surface area contributed by atoms with Crippen molar-refractivity contribution < 1.29 is 27.8 Å². The molecule has 45 heavy (non-hydrogen) atoms. The van der Waals surface area contributed by atoms with E-state index in [2.05, 4.69) is 19.9 Å². The van der Waals surface area contributed by atoms with Crippen molar-refractivity contribution in [3.63, 3.8) is 0 Å². The fraction of sp³-hybridized carbons (Fsp3) is 0.343. The average molecular weight is 615 g/mol. The lowest BCUT2D eigenvalue weighted by atomic mass is 9.94. The van der Waals surface area contributed by atoms with Crippen molar-refractivity contribution >= 4 is 21.7 Å². The van der Waals surface area contributed by atoms with Gasteiger partial charge >= 0.3 is 6.01 Å². The molecule has 0 spiro atoms. The zero-order valence-electron chi connectivity index (χ0n) is 24.7. The molecule has 2 aromatic heterocycles. The lowest BCUT2D eigenvalue weighted by molar-refractivity contribution is 0.106. The summed E-state index contributed by atoms with van der Waals surface area (Å²) in [5.74, 6) is -1.04. The Morgan fingerprint density at radius 1 is 0.978 bits per heavy atom. The number of halogens is 3.